The molecule has 110 valence electrons. The van der Waals surface area contributed by atoms with Crippen molar-refractivity contribution in [1.82, 2.24) is 19.9 Å². The van der Waals surface area contributed by atoms with Crippen LogP contribution in [0.25, 0.3) is 22.3 Å². The van der Waals surface area contributed by atoms with Crippen LogP contribution >= 0.6 is 0 Å². The summed E-state index contributed by atoms with van der Waals surface area (Å²) in [5, 5.41) is 4.51. The Hall–Kier alpha value is -2.76. The Bertz CT molecular complexity index is 856. The van der Waals surface area contributed by atoms with Gasteiger partial charge in [-0.1, -0.05) is 0 Å². The summed E-state index contributed by atoms with van der Waals surface area (Å²) in [6, 6.07) is 5.57. The van der Waals surface area contributed by atoms with Gasteiger partial charge < -0.3 is 11.1 Å². The maximum absolute atomic E-state index is 5.76. The molecule has 0 saturated heterocycles. The summed E-state index contributed by atoms with van der Waals surface area (Å²) in [6.45, 7) is 2.20. The van der Waals surface area contributed by atoms with Crippen molar-refractivity contribution in [3.63, 3.8) is 0 Å². The van der Waals surface area contributed by atoms with E-state index in [1.165, 1.54) is 0 Å². The number of fused-ring (bicyclic) bond motifs is 1. The van der Waals surface area contributed by atoms with Crippen LogP contribution in [-0.2, 0) is 0 Å². The monoisotopic (exact) mass is 292 g/mol. The maximum atomic E-state index is 5.76. The summed E-state index contributed by atoms with van der Waals surface area (Å²) in [5.41, 5.74) is 7.57. The predicted octanol–water partition coefficient (Wildman–Crippen LogP) is 2.63. The van der Waals surface area contributed by atoms with Crippen molar-refractivity contribution in [3.05, 3.63) is 36.8 Å². The first-order valence-corrected chi connectivity index (χ1v) is 7.25. The largest absolute Gasteiger partial charge is 0.384 e. The maximum Gasteiger partial charge on any atom is 0.162 e. The van der Waals surface area contributed by atoms with Crippen LogP contribution < -0.4 is 11.1 Å². The van der Waals surface area contributed by atoms with Crippen LogP contribution in [0.3, 0.4) is 0 Å². The molecule has 0 bridgehead atoms. The van der Waals surface area contributed by atoms with E-state index in [0.29, 0.717) is 11.6 Å². The molecule has 0 unspecified atom stereocenters. The number of nitrogen functional groups attached to an aromatic ring is 1. The lowest BCUT2D eigenvalue weighted by Crippen LogP contribution is -2.17. The minimum Gasteiger partial charge on any atom is -0.384 e. The zero-order valence-electron chi connectivity index (χ0n) is 12.2. The van der Waals surface area contributed by atoms with Crippen molar-refractivity contribution in [3.8, 4) is 11.4 Å². The van der Waals surface area contributed by atoms with Crippen LogP contribution in [0.5, 0.6) is 0 Å². The van der Waals surface area contributed by atoms with Gasteiger partial charge in [-0.15, -0.1) is 0 Å². The first-order valence-electron chi connectivity index (χ1n) is 7.25. The van der Waals surface area contributed by atoms with E-state index in [2.05, 4.69) is 27.2 Å². The Balaban J connectivity index is 1.89. The molecule has 0 radical (unpaired) electrons. The number of nitrogens with one attached hydrogen (secondary N) is 1. The highest BCUT2D eigenvalue weighted by molar-refractivity contribution is 5.90. The standard InChI is InChI=1S/C16H16N6/c1-16(4-5-16)22-15-11-3-6-18-9-12(11)20-14(21-15)10-2-7-19-13(17)8-10/h2-3,6-9H,4-5H2,1H3,(H2,17,19)(H,20,21,22). The zero-order chi connectivity index (χ0) is 15.2. The Morgan fingerprint density at radius 3 is 2.82 bits per heavy atom. The van der Waals surface area contributed by atoms with E-state index in [0.717, 1.165) is 35.1 Å². The van der Waals surface area contributed by atoms with Gasteiger partial charge in [-0.05, 0) is 38.0 Å². The van der Waals surface area contributed by atoms with E-state index < -0.39 is 0 Å². The lowest BCUT2D eigenvalue weighted by atomic mass is 10.2. The molecule has 0 aliphatic heterocycles. The summed E-state index contributed by atoms with van der Waals surface area (Å²) < 4.78 is 0. The van der Waals surface area contributed by atoms with E-state index in [1.54, 1.807) is 24.7 Å². The fraction of sp³-hybridized carbons (Fsp3) is 0.250. The van der Waals surface area contributed by atoms with Gasteiger partial charge in [0.15, 0.2) is 5.82 Å². The fourth-order valence-electron chi connectivity index (χ4n) is 2.39. The van der Waals surface area contributed by atoms with Crippen LogP contribution in [0.15, 0.2) is 36.8 Å². The molecule has 3 aromatic rings. The summed E-state index contributed by atoms with van der Waals surface area (Å²) in [5.74, 6) is 1.93. The molecule has 1 aliphatic carbocycles. The van der Waals surface area contributed by atoms with Crippen molar-refractivity contribution < 1.29 is 0 Å². The van der Waals surface area contributed by atoms with Gasteiger partial charge in [0.05, 0.1) is 11.7 Å². The SMILES string of the molecule is CC1(Nc2nc(-c3ccnc(N)c3)nc3cnccc23)CC1. The number of hydrogen-bond acceptors (Lipinski definition) is 6. The van der Waals surface area contributed by atoms with Crippen LogP contribution in [0.1, 0.15) is 19.8 Å². The molecule has 3 aromatic heterocycles. The molecule has 0 amide bonds. The van der Waals surface area contributed by atoms with Crippen molar-refractivity contribution in [2.24, 2.45) is 0 Å². The van der Waals surface area contributed by atoms with Crippen LogP contribution in [-0.4, -0.2) is 25.5 Å². The predicted molar refractivity (Wildman–Crippen MR) is 86.2 cm³/mol. The van der Waals surface area contributed by atoms with E-state index in [-0.39, 0.29) is 5.54 Å². The molecule has 3 heterocycles. The third-order valence-corrected chi connectivity index (χ3v) is 3.96. The second-order valence-corrected chi connectivity index (χ2v) is 5.94. The van der Waals surface area contributed by atoms with Crippen LogP contribution in [0, 0.1) is 0 Å². The Morgan fingerprint density at radius 2 is 2.05 bits per heavy atom. The Kier molecular flexibility index (Phi) is 2.72. The topological polar surface area (TPSA) is 89.6 Å². The van der Waals surface area contributed by atoms with Gasteiger partial charge in [-0.25, -0.2) is 15.0 Å². The third kappa shape index (κ3) is 2.32. The van der Waals surface area contributed by atoms with E-state index in [9.17, 15) is 0 Å². The van der Waals surface area contributed by atoms with E-state index in [4.69, 9.17) is 10.7 Å². The van der Waals surface area contributed by atoms with Crippen LogP contribution in [0.2, 0.25) is 0 Å². The van der Waals surface area contributed by atoms with Gasteiger partial charge in [-0.2, -0.15) is 0 Å². The highest BCUT2D eigenvalue weighted by atomic mass is 15.1. The summed E-state index contributed by atoms with van der Waals surface area (Å²) in [6.07, 6.45) is 7.49. The molecular weight excluding hydrogens is 276 g/mol. The van der Waals surface area contributed by atoms with Crippen LogP contribution in [0.4, 0.5) is 11.6 Å². The van der Waals surface area contributed by atoms with Gasteiger partial charge in [0.1, 0.15) is 11.6 Å². The van der Waals surface area contributed by atoms with Gasteiger partial charge in [0.2, 0.25) is 0 Å². The zero-order valence-corrected chi connectivity index (χ0v) is 12.2. The molecule has 1 aliphatic rings. The highest BCUT2D eigenvalue weighted by Gasteiger charge is 2.37. The number of pyridine rings is 2. The van der Waals surface area contributed by atoms with E-state index >= 15 is 0 Å². The first-order chi connectivity index (χ1) is 10.6. The molecule has 0 atom stereocenters. The number of aromatic nitrogens is 4. The number of rotatable bonds is 3. The molecule has 4 rings (SSSR count). The lowest BCUT2D eigenvalue weighted by Gasteiger charge is -2.15. The van der Waals surface area contributed by atoms with Gasteiger partial charge in [0.25, 0.3) is 0 Å². The molecule has 1 fully saturated rings. The number of nitrogens with zero attached hydrogens (tertiary/aromatic N) is 4. The second kappa shape index (κ2) is 4.62. The Labute approximate surface area is 127 Å². The first kappa shape index (κ1) is 12.9. The molecule has 6 nitrogen and oxygen atoms in total. The van der Waals surface area contributed by atoms with Gasteiger partial charge in [0, 0.05) is 28.9 Å². The molecular formula is C16H16N6. The van der Waals surface area contributed by atoms with Gasteiger partial charge >= 0.3 is 0 Å². The van der Waals surface area contributed by atoms with E-state index in [1.807, 2.05) is 12.1 Å². The molecule has 0 spiro atoms. The average molecular weight is 292 g/mol. The number of anilines is 2. The van der Waals surface area contributed by atoms with Crippen molar-refractivity contribution in [1.29, 1.82) is 0 Å². The fourth-order valence-corrected chi connectivity index (χ4v) is 2.39. The smallest absolute Gasteiger partial charge is 0.162 e. The highest BCUT2D eigenvalue weighted by Crippen LogP contribution is 2.39. The Morgan fingerprint density at radius 1 is 1.18 bits per heavy atom. The molecule has 0 aromatic carbocycles. The minimum absolute atomic E-state index is 0.138. The average Bonchev–Trinajstić information content (AvgIpc) is 3.24. The minimum atomic E-state index is 0.138. The lowest BCUT2D eigenvalue weighted by molar-refractivity contribution is 0.823. The number of nitrogens with two attached hydrogens (primary N) is 1. The molecule has 22 heavy (non-hydrogen) atoms. The molecule has 6 heteroatoms. The number of hydrogen-bond donors (Lipinski definition) is 2. The van der Waals surface area contributed by atoms with Crippen molar-refractivity contribution >= 4 is 22.5 Å². The summed E-state index contributed by atoms with van der Waals surface area (Å²) >= 11 is 0. The van der Waals surface area contributed by atoms with Crippen molar-refractivity contribution in [2.45, 2.75) is 25.3 Å². The normalized spacial score (nSPS) is 15.7. The molecule has 1 saturated carbocycles. The van der Waals surface area contributed by atoms with Gasteiger partial charge in [-0.3, -0.25) is 4.98 Å². The summed E-state index contributed by atoms with van der Waals surface area (Å²) in [4.78, 5) is 17.5. The van der Waals surface area contributed by atoms with Crippen molar-refractivity contribution in [2.75, 3.05) is 11.1 Å². The molecule has 3 N–H and O–H groups in total. The third-order valence-electron chi connectivity index (χ3n) is 3.96. The summed E-state index contributed by atoms with van der Waals surface area (Å²) in [7, 11) is 0. The quantitative estimate of drug-likeness (QED) is 0.771. The second-order valence-electron chi connectivity index (χ2n) is 5.94.